The van der Waals surface area contributed by atoms with Crippen LogP contribution in [0.25, 0.3) is 0 Å². The molecule has 0 spiro atoms. The summed E-state index contributed by atoms with van der Waals surface area (Å²) in [5.41, 5.74) is 0. The maximum absolute atomic E-state index is 12.0. The van der Waals surface area contributed by atoms with Crippen molar-refractivity contribution in [3.05, 3.63) is 0 Å². The predicted molar refractivity (Wildman–Crippen MR) is 78.0 cm³/mol. The molecule has 19 heavy (non-hydrogen) atoms. The smallest absolute Gasteiger partial charge is 0.238 e. The normalized spacial score (nSPS) is 33.4. The highest BCUT2D eigenvalue weighted by Crippen LogP contribution is 2.33. The zero-order valence-electron chi connectivity index (χ0n) is 12.6. The number of hydrogen-bond donors (Lipinski definition) is 2. The Morgan fingerprint density at radius 1 is 1.37 bits per heavy atom. The molecule has 0 aromatic rings. The third-order valence-corrected chi connectivity index (χ3v) is 4.93. The van der Waals surface area contributed by atoms with Gasteiger partial charge >= 0.3 is 0 Å². The summed E-state index contributed by atoms with van der Waals surface area (Å²) in [6, 6.07) is 0.625. The molecular weight excluding hydrogens is 238 g/mol. The van der Waals surface area contributed by atoms with Crippen molar-refractivity contribution >= 4 is 5.91 Å². The number of hydrogen-bond acceptors (Lipinski definition) is 3. The van der Waals surface area contributed by atoms with Gasteiger partial charge in [0.25, 0.3) is 0 Å². The highest BCUT2D eigenvalue weighted by molar-refractivity contribution is 5.81. The van der Waals surface area contributed by atoms with Crippen LogP contribution in [0, 0.1) is 11.8 Å². The lowest BCUT2D eigenvalue weighted by Gasteiger charge is -2.44. The lowest BCUT2D eigenvalue weighted by atomic mass is 9.78. The minimum absolute atomic E-state index is 0.0228. The van der Waals surface area contributed by atoms with E-state index < -0.39 is 0 Å². The molecule has 3 atom stereocenters. The first-order valence-corrected chi connectivity index (χ1v) is 7.81. The highest BCUT2D eigenvalue weighted by Gasteiger charge is 2.35. The van der Waals surface area contributed by atoms with E-state index in [0.29, 0.717) is 6.04 Å². The molecule has 2 N–H and O–H groups in total. The van der Waals surface area contributed by atoms with Crippen molar-refractivity contribution in [1.82, 2.24) is 15.5 Å². The summed E-state index contributed by atoms with van der Waals surface area (Å²) in [5.74, 6) is 1.77. The molecule has 3 unspecified atom stereocenters. The third kappa shape index (κ3) is 3.48. The van der Waals surface area contributed by atoms with Crippen molar-refractivity contribution in [3.8, 4) is 0 Å². The Morgan fingerprint density at radius 3 is 2.84 bits per heavy atom. The molecule has 4 nitrogen and oxygen atoms in total. The molecule has 0 aromatic carbocycles. The van der Waals surface area contributed by atoms with Gasteiger partial charge < -0.3 is 10.6 Å². The van der Waals surface area contributed by atoms with E-state index in [0.717, 1.165) is 31.5 Å². The Kier molecular flexibility index (Phi) is 5.22. The Labute approximate surface area is 117 Å². The summed E-state index contributed by atoms with van der Waals surface area (Å²) in [6.07, 6.45) is 5.21. The van der Waals surface area contributed by atoms with Gasteiger partial charge in [0.1, 0.15) is 6.04 Å². The molecule has 1 aliphatic heterocycles. The maximum Gasteiger partial charge on any atom is 0.238 e. The molecule has 0 radical (unpaired) electrons. The van der Waals surface area contributed by atoms with Crippen LogP contribution in [0.15, 0.2) is 0 Å². The molecule has 1 saturated carbocycles. The Bertz CT molecular complexity index is 306. The SMILES string of the molecule is CNC(=O)C1CNCCN1C1CCCC(C(C)C)C1. The fourth-order valence-electron chi connectivity index (χ4n) is 3.67. The van der Waals surface area contributed by atoms with E-state index in [2.05, 4.69) is 29.4 Å². The van der Waals surface area contributed by atoms with Gasteiger partial charge in [-0.3, -0.25) is 9.69 Å². The number of likely N-dealkylation sites (N-methyl/N-ethyl adjacent to an activating group) is 1. The van der Waals surface area contributed by atoms with Crippen LogP contribution in [0.5, 0.6) is 0 Å². The van der Waals surface area contributed by atoms with E-state index in [4.69, 9.17) is 0 Å². The fourth-order valence-corrected chi connectivity index (χ4v) is 3.67. The molecule has 110 valence electrons. The minimum Gasteiger partial charge on any atom is -0.358 e. The van der Waals surface area contributed by atoms with Gasteiger partial charge in [0.05, 0.1) is 0 Å². The first-order valence-electron chi connectivity index (χ1n) is 7.81. The average molecular weight is 267 g/mol. The van der Waals surface area contributed by atoms with Crippen molar-refractivity contribution in [2.75, 3.05) is 26.7 Å². The minimum atomic E-state index is 0.0228. The summed E-state index contributed by atoms with van der Waals surface area (Å²) in [6.45, 7) is 7.48. The van der Waals surface area contributed by atoms with E-state index in [1.807, 2.05) is 0 Å². The van der Waals surface area contributed by atoms with Crippen molar-refractivity contribution in [2.45, 2.75) is 51.6 Å². The molecule has 1 heterocycles. The van der Waals surface area contributed by atoms with Crippen molar-refractivity contribution in [1.29, 1.82) is 0 Å². The number of nitrogens with zero attached hydrogens (tertiary/aromatic N) is 1. The van der Waals surface area contributed by atoms with E-state index in [-0.39, 0.29) is 11.9 Å². The summed E-state index contributed by atoms with van der Waals surface area (Å²) >= 11 is 0. The maximum atomic E-state index is 12.0. The summed E-state index contributed by atoms with van der Waals surface area (Å²) in [4.78, 5) is 14.5. The number of carbonyl (C=O) groups excluding carboxylic acids is 1. The van der Waals surface area contributed by atoms with Crippen molar-refractivity contribution < 1.29 is 4.79 Å². The van der Waals surface area contributed by atoms with Crippen LogP contribution in [0.3, 0.4) is 0 Å². The van der Waals surface area contributed by atoms with Crippen LogP contribution in [-0.4, -0.2) is 49.6 Å². The van der Waals surface area contributed by atoms with Crippen LogP contribution in [0.2, 0.25) is 0 Å². The third-order valence-electron chi connectivity index (χ3n) is 4.93. The van der Waals surface area contributed by atoms with Crippen LogP contribution in [0.4, 0.5) is 0 Å². The van der Waals surface area contributed by atoms with Crippen LogP contribution < -0.4 is 10.6 Å². The Morgan fingerprint density at radius 2 is 2.16 bits per heavy atom. The van der Waals surface area contributed by atoms with Crippen LogP contribution in [0.1, 0.15) is 39.5 Å². The molecule has 4 heteroatoms. The molecule has 1 saturated heterocycles. The van der Waals surface area contributed by atoms with Gasteiger partial charge in [-0.2, -0.15) is 0 Å². The van der Waals surface area contributed by atoms with Gasteiger partial charge in [0.2, 0.25) is 5.91 Å². The van der Waals surface area contributed by atoms with Gasteiger partial charge in [0.15, 0.2) is 0 Å². The fraction of sp³-hybridized carbons (Fsp3) is 0.933. The average Bonchev–Trinajstić information content (AvgIpc) is 2.46. The second kappa shape index (κ2) is 6.71. The van der Waals surface area contributed by atoms with E-state index in [9.17, 15) is 4.79 Å². The lowest BCUT2D eigenvalue weighted by molar-refractivity contribution is -0.128. The molecule has 2 fully saturated rings. The van der Waals surface area contributed by atoms with E-state index in [1.165, 1.54) is 25.7 Å². The summed E-state index contributed by atoms with van der Waals surface area (Å²) in [5, 5.41) is 6.17. The molecule has 0 bridgehead atoms. The van der Waals surface area contributed by atoms with Gasteiger partial charge in [-0.25, -0.2) is 0 Å². The van der Waals surface area contributed by atoms with E-state index in [1.54, 1.807) is 7.05 Å². The largest absolute Gasteiger partial charge is 0.358 e. The molecule has 2 aliphatic rings. The Hall–Kier alpha value is -0.610. The molecule has 1 aliphatic carbocycles. The number of nitrogens with one attached hydrogen (secondary N) is 2. The van der Waals surface area contributed by atoms with Gasteiger partial charge in [-0.05, 0) is 24.7 Å². The van der Waals surface area contributed by atoms with Gasteiger partial charge in [-0.15, -0.1) is 0 Å². The molecular formula is C15H29N3O. The number of carbonyl (C=O) groups is 1. The lowest BCUT2D eigenvalue weighted by Crippen LogP contribution is -2.61. The quantitative estimate of drug-likeness (QED) is 0.808. The first-order chi connectivity index (χ1) is 9.13. The molecule has 1 amide bonds. The number of amides is 1. The van der Waals surface area contributed by atoms with Gasteiger partial charge in [-0.1, -0.05) is 26.7 Å². The molecule has 0 aromatic heterocycles. The zero-order valence-corrected chi connectivity index (χ0v) is 12.6. The van der Waals surface area contributed by atoms with Gasteiger partial charge in [0, 0.05) is 32.7 Å². The number of piperazine rings is 1. The van der Waals surface area contributed by atoms with Crippen molar-refractivity contribution in [3.63, 3.8) is 0 Å². The molecule has 2 rings (SSSR count). The summed E-state index contributed by atoms with van der Waals surface area (Å²) < 4.78 is 0. The monoisotopic (exact) mass is 267 g/mol. The first kappa shape index (κ1) is 14.8. The second-order valence-electron chi connectivity index (χ2n) is 6.40. The predicted octanol–water partition coefficient (Wildman–Crippen LogP) is 1.22. The highest BCUT2D eigenvalue weighted by atomic mass is 16.2. The topological polar surface area (TPSA) is 44.4 Å². The second-order valence-corrected chi connectivity index (χ2v) is 6.40. The summed E-state index contributed by atoms with van der Waals surface area (Å²) in [7, 11) is 1.74. The Balaban J connectivity index is 2.02. The zero-order chi connectivity index (χ0) is 13.8. The van der Waals surface area contributed by atoms with E-state index >= 15 is 0 Å². The standard InChI is InChI=1S/C15H29N3O/c1-11(2)12-5-4-6-13(9-12)18-8-7-17-10-14(18)15(19)16-3/h11-14,17H,4-10H2,1-3H3,(H,16,19). The van der Waals surface area contributed by atoms with Crippen LogP contribution in [-0.2, 0) is 4.79 Å². The van der Waals surface area contributed by atoms with Crippen molar-refractivity contribution in [2.24, 2.45) is 11.8 Å². The number of rotatable bonds is 3. The van der Waals surface area contributed by atoms with Crippen LogP contribution >= 0.6 is 0 Å².